The number of amides is 1. The maximum atomic E-state index is 11.8. The molecule has 1 aliphatic rings. The molecule has 1 aromatic carbocycles. The Morgan fingerprint density at radius 3 is 2.88 bits per heavy atom. The van der Waals surface area contributed by atoms with Crippen LogP contribution < -0.4 is 16.4 Å². The number of hydrogen-bond donors (Lipinski definition) is 2. The van der Waals surface area contributed by atoms with E-state index in [1.807, 2.05) is 25.1 Å². The normalized spacial score (nSPS) is 16.4. The maximum absolute atomic E-state index is 11.8. The van der Waals surface area contributed by atoms with Gasteiger partial charge in [-0.1, -0.05) is 12.1 Å². The van der Waals surface area contributed by atoms with Crippen LogP contribution in [-0.4, -0.2) is 18.5 Å². The summed E-state index contributed by atoms with van der Waals surface area (Å²) < 4.78 is 0. The minimum atomic E-state index is -0.0101. The molecule has 0 bridgehead atoms. The standard InChI is InChI=1S/C12H17N3O/c1-8(14)7-15-11-3-2-9(6-13)4-10(11)5-12(15)16/h2-4,8H,5-7,13-14H2,1H3. The van der Waals surface area contributed by atoms with Crippen LogP contribution in [0, 0.1) is 0 Å². The molecule has 0 saturated heterocycles. The van der Waals surface area contributed by atoms with E-state index < -0.39 is 0 Å². The summed E-state index contributed by atoms with van der Waals surface area (Å²) in [7, 11) is 0. The Bertz CT molecular complexity index is 415. The molecule has 86 valence electrons. The third kappa shape index (κ3) is 1.94. The van der Waals surface area contributed by atoms with Crippen LogP contribution in [-0.2, 0) is 17.8 Å². The van der Waals surface area contributed by atoms with Crippen molar-refractivity contribution >= 4 is 11.6 Å². The Morgan fingerprint density at radius 1 is 1.50 bits per heavy atom. The van der Waals surface area contributed by atoms with Gasteiger partial charge in [0.15, 0.2) is 0 Å². The summed E-state index contributed by atoms with van der Waals surface area (Å²) in [5, 5.41) is 0. The molecule has 4 N–H and O–H groups in total. The van der Waals surface area contributed by atoms with E-state index in [1.165, 1.54) is 0 Å². The minimum absolute atomic E-state index is 0.0101. The number of carbonyl (C=O) groups is 1. The second-order valence-corrected chi connectivity index (χ2v) is 4.33. The van der Waals surface area contributed by atoms with Crippen molar-refractivity contribution in [3.05, 3.63) is 29.3 Å². The second-order valence-electron chi connectivity index (χ2n) is 4.33. The summed E-state index contributed by atoms with van der Waals surface area (Å²) in [5.74, 6) is 0.126. The molecule has 0 fully saturated rings. The minimum Gasteiger partial charge on any atom is -0.326 e. The number of carbonyl (C=O) groups excluding carboxylic acids is 1. The van der Waals surface area contributed by atoms with Gasteiger partial charge in [-0.3, -0.25) is 4.79 Å². The highest BCUT2D eigenvalue weighted by atomic mass is 16.2. The second kappa shape index (κ2) is 4.23. The van der Waals surface area contributed by atoms with Crippen molar-refractivity contribution in [2.24, 2.45) is 11.5 Å². The fourth-order valence-corrected chi connectivity index (χ4v) is 2.05. The van der Waals surface area contributed by atoms with Crippen molar-refractivity contribution in [1.29, 1.82) is 0 Å². The molecular formula is C12H17N3O. The smallest absolute Gasteiger partial charge is 0.231 e. The molecule has 16 heavy (non-hydrogen) atoms. The summed E-state index contributed by atoms with van der Waals surface area (Å²) >= 11 is 0. The molecule has 4 heteroatoms. The first-order valence-electron chi connectivity index (χ1n) is 5.49. The molecule has 2 rings (SSSR count). The molecule has 1 amide bonds. The summed E-state index contributed by atoms with van der Waals surface area (Å²) in [6.45, 7) is 2.99. The van der Waals surface area contributed by atoms with Gasteiger partial charge in [0.1, 0.15) is 0 Å². The Morgan fingerprint density at radius 2 is 2.25 bits per heavy atom. The number of hydrogen-bond acceptors (Lipinski definition) is 3. The van der Waals surface area contributed by atoms with E-state index >= 15 is 0 Å². The number of benzene rings is 1. The first-order chi connectivity index (χ1) is 7.61. The van der Waals surface area contributed by atoms with Crippen molar-refractivity contribution in [3.8, 4) is 0 Å². The lowest BCUT2D eigenvalue weighted by Gasteiger charge is -2.19. The van der Waals surface area contributed by atoms with E-state index in [4.69, 9.17) is 11.5 Å². The average molecular weight is 219 g/mol. The number of fused-ring (bicyclic) bond motifs is 1. The van der Waals surface area contributed by atoms with Gasteiger partial charge in [-0.25, -0.2) is 0 Å². The zero-order valence-corrected chi connectivity index (χ0v) is 9.44. The van der Waals surface area contributed by atoms with Gasteiger partial charge in [0.25, 0.3) is 0 Å². The molecule has 1 atom stereocenters. The Labute approximate surface area is 95.2 Å². The average Bonchev–Trinajstić information content (AvgIpc) is 2.54. The molecule has 0 aliphatic carbocycles. The van der Waals surface area contributed by atoms with E-state index in [0.717, 1.165) is 16.8 Å². The van der Waals surface area contributed by atoms with Gasteiger partial charge in [-0.15, -0.1) is 0 Å². The first kappa shape index (κ1) is 11.1. The predicted octanol–water partition coefficient (Wildman–Crippen LogP) is 0.382. The van der Waals surface area contributed by atoms with E-state index in [1.54, 1.807) is 4.90 Å². The van der Waals surface area contributed by atoms with Gasteiger partial charge in [-0.2, -0.15) is 0 Å². The fraction of sp³-hybridized carbons (Fsp3) is 0.417. The van der Waals surface area contributed by atoms with E-state index in [9.17, 15) is 4.79 Å². The van der Waals surface area contributed by atoms with Crippen molar-refractivity contribution in [3.63, 3.8) is 0 Å². The molecule has 1 aromatic rings. The van der Waals surface area contributed by atoms with Crippen molar-refractivity contribution < 1.29 is 4.79 Å². The third-order valence-corrected chi connectivity index (χ3v) is 2.78. The SMILES string of the molecule is CC(N)CN1C(=O)Cc2cc(CN)ccc21. The van der Waals surface area contributed by atoms with Crippen LogP contribution in [0.25, 0.3) is 0 Å². The summed E-state index contributed by atoms with van der Waals surface area (Å²) in [6, 6.07) is 5.93. The van der Waals surface area contributed by atoms with Gasteiger partial charge >= 0.3 is 0 Å². The lowest BCUT2D eigenvalue weighted by Crippen LogP contribution is -2.37. The fourth-order valence-electron chi connectivity index (χ4n) is 2.05. The summed E-state index contributed by atoms with van der Waals surface area (Å²) in [6.07, 6.45) is 0.468. The molecule has 0 spiro atoms. The Kier molecular flexibility index (Phi) is 2.94. The number of nitrogens with zero attached hydrogens (tertiary/aromatic N) is 1. The number of rotatable bonds is 3. The molecule has 0 saturated carbocycles. The highest BCUT2D eigenvalue weighted by Gasteiger charge is 2.27. The molecule has 1 aliphatic heterocycles. The summed E-state index contributed by atoms with van der Waals surface area (Å²) in [4.78, 5) is 13.6. The van der Waals surface area contributed by atoms with Crippen LogP contribution in [0.5, 0.6) is 0 Å². The van der Waals surface area contributed by atoms with Gasteiger partial charge in [0.2, 0.25) is 5.91 Å². The monoisotopic (exact) mass is 219 g/mol. The molecule has 0 radical (unpaired) electrons. The van der Waals surface area contributed by atoms with Gasteiger partial charge < -0.3 is 16.4 Å². The lowest BCUT2D eigenvalue weighted by atomic mass is 10.1. The van der Waals surface area contributed by atoms with Crippen LogP contribution in [0.4, 0.5) is 5.69 Å². The van der Waals surface area contributed by atoms with E-state index in [0.29, 0.717) is 19.5 Å². The highest BCUT2D eigenvalue weighted by molar-refractivity contribution is 6.01. The van der Waals surface area contributed by atoms with Crippen molar-refractivity contribution in [2.75, 3.05) is 11.4 Å². The highest BCUT2D eigenvalue weighted by Crippen LogP contribution is 2.29. The zero-order valence-electron chi connectivity index (χ0n) is 9.44. The quantitative estimate of drug-likeness (QED) is 0.772. The third-order valence-electron chi connectivity index (χ3n) is 2.78. The largest absolute Gasteiger partial charge is 0.326 e. The Hall–Kier alpha value is -1.39. The molecule has 0 aromatic heterocycles. The zero-order chi connectivity index (χ0) is 11.7. The predicted molar refractivity (Wildman–Crippen MR) is 64.0 cm³/mol. The Balaban J connectivity index is 2.31. The van der Waals surface area contributed by atoms with Crippen molar-refractivity contribution in [1.82, 2.24) is 0 Å². The van der Waals surface area contributed by atoms with Crippen LogP contribution >= 0.6 is 0 Å². The number of anilines is 1. The molecule has 1 heterocycles. The molecular weight excluding hydrogens is 202 g/mol. The molecule has 4 nitrogen and oxygen atoms in total. The molecule has 1 unspecified atom stereocenters. The van der Waals surface area contributed by atoms with Crippen LogP contribution in [0.2, 0.25) is 0 Å². The maximum Gasteiger partial charge on any atom is 0.231 e. The van der Waals surface area contributed by atoms with Crippen LogP contribution in [0.15, 0.2) is 18.2 Å². The van der Waals surface area contributed by atoms with E-state index in [2.05, 4.69) is 0 Å². The van der Waals surface area contributed by atoms with Gasteiger partial charge in [0.05, 0.1) is 6.42 Å². The van der Waals surface area contributed by atoms with Gasteiger partial charge in [0, 0.05) is 24.8 Å². The first-order valence-corrected chi connectivity index (χ1v) is 5.49. The van der Waals surface area contributed by atoms with Crippen molar-refractivity contribution in [2.45, 2.75) is 25.9 Å². The van der Waals surface area contributed by atoms with Crippen LogP contribution in [0.3, 0.4) is 0 Å². The topological polar surface area (TPSA) is 72.3 Å². The lowest BCUT2D eigenvalue weighted by molar-refractivity contribution is -0.117. The van der Waals surface area contributed by atoms with Crippen LogP contribution in [0.1, 0.15) is 18.1 Å². The summed E-state index contributed by atoms with van der Waals surface area (Å²) in [5.41, 5.74) is 14.4. The van der Waals surface area contributed by atoms with E-state index in [-0.39, 0.29) is 11.9 Å². The number of nitrogens with two attached hydrogens (primary N) is 2. The van der Waals surface area contributed by atoms with Gasteiger partial charge in [-0.05, 0) is 24.1 Å².